The predicted molar refractivity (Wildman–Crippen MR) is 96.6 cm³/mol. The second kappa shape index (κ2) is 6.05. The van der Waals surface area contributed by atoms with Crippen molar-refractivity contribution in [3.8, 4) is 5.69 Å². The Kier molecular flexibility index (Phi) is 3.78. The van der Waals surface area contributed by atoms with Crippen LogP contribution in [-0.4, -0.2) is 26.1 Å². The Hall–Kier alpha value is -1.95. The molecular formula is C19H22ClN5O. The fourth-order valence-corrected chi connectivity index (χ4v) is 5.96. The molecule has 4 saturated carbocycles. The Labute approximate surface area is 157 Å². The zero-order valence-corrected chi connectivity index (χ0v) is 15.3. The summed E-state index contributed by atoms with van der Waals surface area (Å²) in [6.07, 6.45) is 7.19. The number of halogens is 1. The third-order valence-electron chi connectivity index (χ3n) is 6.53. The predicted octanol–water partition coefficient (Wildman–Crippen LogP) is 3.15. The van der Waals surface area contributed by atoms with Crippen LogP contribution < -0.4 is 5.32 Å². The van der Waals surface area contributed by atoms with Gasteiger partial charge in [0.15, 0.2) is 5.82 Å². The zero-order chi connectivity index (χ0) is 17.7. The molecule has 6 rings (SSSR count). The molecule has 4 aliphatic rings. The number of carbonyl (C=O) groups excluding carboxylic acids is 1. The molecule has 7 heteroatoms. The second-order valence-corrected chi connectivity index (χ2v) is 8.80. The highest BCUT2D eigenvalue weighted by molar-refractivity contribution is 6.30. The van der Waals surface area contributed by atoms with Crippen molar-refractivity contribution >= 4 is 17.5 Å². The van der Waals surface area contributed by atoms with Crippen LogP contribution in [0.2, 0.25) is 5.02 Å². The summed E-state index contributed by atoms with van der Waals surface area (Å²) in [4.78, 5) is 13.1. The van der Waals surface area contributed by atoms with Gasteiger partial charge in [0.2, 0.25) is 5.91 Å². The minimum atomic E-state index is -0.146. The fourth-order valence-electron chi connectivity index (χ4n) is 5.83. The highest BCUT2D eigenvalue weighted by Gasteiger charge is 2.54. The number of nitrogens with zero attached hydrogens (tertiary/aromatic N) is 4. The van der Waals surface area contributed by atoms with Crippen LogP contribution in [0.15, 0.2) is 24.3 Å². The first-order chi connectivity index (χ1) is 12.6. The Morgan fingerprint density at radius 3 is 2.35 bits per heavy atom. The molecule has 136 valence electrons. The van der Waals surface area contributed by atoms with Crippen LogP contribution in [0.1, 0.15) is 44.3 Å². The van der Waals surface area contributed by atoms with E-state index >= 15 is 0 Å². The SMILES string of the molecule is O=C(NCc1nnnn1-c1ccc(Cl)cc1)C12CC3CC(CC(C3)C1)C2. The summed E-state index contributed by atoms with van der Waals surface area (Å²) in [6, 6.07) is 7.33. The van der Waals surface area contributed by atoms with E-state index in [-0.39, 0.29) is 11.3 Å². The molecule has 0 atom stereocenters. The van der Waals surface area contributed by atoms with E-state index in [1.54, 1.807) is 16.8 Å². The maximum atomic E-state index is 13.1. The van der Waals surface area contributed by atoms with Crippen LogP contribution in [0.25, 0.3) is 5.69 Å². The first kappa shape index (κ1) is 16.2. The van der Waals surface area contributed by atoms with E-state index < -0.39 is 0 Å². The summed E-state index contributed by atoms with van der Waals surface area (Å²) in [5.41, 5.74) is 0.686. The van der Waals surface area contributed by atoms with Crippen LogP contribution in [0, 0.1) is 23.2 Å². The lowest BCUT2D eigenvalue weighted by Crippen LogP contribution is -2.53. The van der Waals surface area contributed by atoms with E-state index in [4.69, 9.17) is 11.6 Å². The van der Waals surface area contributed by atoms with Gasteiger partial charge in [0.05, 0.1) is 12.2 Å². The summed E-state index contributed by atoms with van der Waals surface area (Å²) >= 11 is 5.95. The van der Waals surface area contributed by atoms with Crippen molar-refractivity contribution in [2.45, 2.75) is 45.1 Å². The number of benzene rings is 1. The van der Waals surface area contributed by atoms with Gasteiger partial charge < -0.3 is 5.32 Å². The fraction of sp³-hybridized carbons (Fsp3) is 0.579. The molecule has 1 N–H and O–H groups in total. The van der Waals surface area contributed by atoms with Gasteiger partial charge in [0.25, 0.3) is 0 Å². The van der Waals surface area contributed by atoms with Gasteiger partial charge >= 0.3 is 0 Å². The minimum absolute atomic E-state index is 0.146. The molecule has 0 unspecified atom stereocenters. The number of aromatic nitrogens is 4. The van der Waals surface area contributed by atoms with Gasteiger partial charge in [-0.15, -0.1) is 5.10 Å². The van der Waals surface area contributed by atoms with E-state index in [0.29, 0.717) is 17.4 Å². The van der Waals surface area contributed by atoms with Crippen molar-refractivity contribution in [2.75, 3.05) is 0 Å². The molecule has 1 aromatic heterocycles. The van der Waals surface area contributed by atoms with Crippen LogP contribution in [0.5, 0.6) is 0 Å². The van der Waals surface area contributed by atoms with E-state index in [0.717, 1.165) is 42.7 Å². The normalized spacial score (nSPS) is 32.0. The maximum absolute atomic E-state index is 13.1. The van der Waals surface area contributed by atoms with Crippen molar-refractivity contribution < 1.29 is 4.79 Å². The average molecular weight is 372 g/mol. The molecule has 6 nitrogen and oxygen atoms in total. The zero-order valence-electron chi connectivity index (χ0n) is 14.6. The number of hydrogen-bond donors (Lipinski definition) is 1. The van der Waals surface area contributed by atoms with E-state index in [1.165, 1.54) is 19.3 Å². The van der Waals surface area contributed by atoms with Crippen LogP contribution in [-0.2, 0) is 11.3 Å². The van der Waals surface area contributed by atoms with E-state index in [2.05, 4.69) is 20.8 Å². The van der Waals surface area contributed by atoms with Gasteiger partial charge in [-0.05, 0) is 91.0 Å². The first-order valence-corrected chi connectivity index (χ1v) is 9.81. The van der Waals surface area contributed by atoms with Crippen molar-refractivity contribution in [1.82, 2.24) is 25.5 Å². The van der Waals surface area contributed by atoms with Crippen LogP contribution >= 0.6 is 11.6 Å². The largest absolute Gasteiger partial charge is 0.348 e. The number of hydrogen-bond acceptors (Lipinski definition) is 4. The molecule has 1 aromatic carbocycles. The third-order valence-corrected chi connectivity index (χ3v) is 6.78. The topological polar surface area (TPSA) is 72.7 Å². The Balaban J connectivity index is 1.31. The van der Waals surface area contributed by atoms with Gasteiger partial charge in [0.1, 0.15) is 0 Å². The lowest BCUT2D eigenvalue weighted by molar-refractivity contribution is -0.146. The quantitative estimate of drug-likeness (QED) is 0.896. The summed E-state index contributed by atoms with van der Waals surface area (Å²) in [6.45, 7) is 0.343. The number of amides is 1. The molecule has 0 radical (unpaired) electrons. The van der Waals surface area contributed by atoms with Gasteiger partial charge in [-0.25, -0.2) is 0 Å². The molecule has 0 aliphatic heterocycles. The van der Waals surface area contributed by atoms with Crippen molar-refractivity contribution in [3.05, 3.63) is 35.1 Å². The number of carbonyl (C=O) groups is 1. The smallest absolute Gasteiger partial charge is 0.226 e. The summed E-state index contributed by atoms with van der Waals surface area (Å²) in [5.74, 6) is 3.09. The Bertz CT molecular complexity index is 795. The van der Waals surface area contributed by atoms with Gasteiger partial charge in [0, 0.05) is 10.4 Å². The lowest BCUT2D eigenvalue weighted by atomic mass is 9.49. The van der Waals surface area contributed by atoms with Crippen LogP contribution in [0.4, 0.5) is 0 Å². The molecular weight excluding hydrogens is 350 g/mol. The van der Waals surface area contributed by atoms with Gasteiger partial charge in [-0.3, -0.25) is 4.79 Å². The van der Waals surface area contributed by atoms with Crippen molar-refractivity contribution in [2.24, 2.45) is 23.2 Å². The monoisotopic (exact) mass is 371 g/mol. The second-order valence-electron chi connectivity index (χ2n) is 8.36. The molecule has 2 aromatic rings. The molecule has 1 heterocycles. The molecule has 4 bridgehead atoms. The highest BCUT2D eigenvalue weighted by atomic mass is 35.5. The third kappa shape index (κ3) is 2.71. The molecule has 1 amide bonds. The van der Waals surface area contributed by atoms with Crippen molar-refractivity contribution in [3.63, 3.8) is 0 Å². The number of tetrazole rings is 1. The number of rotatable bonds is 4. The van der Waals surface area contributed by atoms with Gasteiger partial charge in [-0.2, -0.15) is 4.68 Å². The minimum Gasteiger partial charge on any atom is -0.348 e. The first-order valence-electron chi connectivity index (χ1n) is 9.43. The molecule has 0 spiro atoms. The Morgan fingerprint density at radius 2 is 1.73 bits per heavy atom. The molecule has 4 aliphatic carbocycles. The number of nitrogens with one attached hydrogen (secondary N) is 1. The summed E-state index contributed by atoms with van der Waals surface area (Å²) in [5, 5.41) is 15.7. The highest BCUT2D eigenvalue weighted by Crippen LogP contribution is 2.60. The van der Waals surface area contributed by atoms with Crippen LogP contribution in [0.3, 0.4) is 0 Å². The van der Waals surface area contributed by atoms with E-state index in [1.807, 2.05) is 12.1 Å². The average Bonchev–Trinajstić information content (AvgIpc) is 3.07. The molecule has 26 heavy (non-hydrogen) atoms. The maximum Gasteiger partial charge on any atom is 0.226 e. The standard InChI is InChI=1S/C19H22ClN5O/c20-15-1-3-16(4-2-15)25-17(22-23-24-25)11-21-18(26)19-8-12-5-13(9-19)7-14(6-12)10-19/h1-4,12-14H,5-11H2,(H,21,26). The van der Waals surface area contributed by atoms with E-state index in [9.17, 15) is 4.79 Å². The van der Waals surface area contributed by atoms with Crippen molar-refractivity contribution in [1.29, 1.82) is 0 Å². The Morgan fingerprint density at radius 1 is 1.12 bits per heavy atom. The van der Waals surface area contributed by atoms with Gasteiger partial charge in [-0.1, -0.05) is 11.6 Å². The molecule has 0 saturated heterocycles. The lowest BCUT2D eigenvalue weighted by Gasteiger charge is -2.55. The molecule has 4 fully saturated rings. The summed E-state index contributed by atoms with van der Waals surface area (Å²) in [7, 11) is 0. The summed E-state index contributed by atoms with van der Waals surface area (Å²) < 4.78 is 1.65.